The molecule has 0 atom stereocenters. The standard InChI is InChI=1S/C23H25N3O3/c1-4-5-15-28-19-13-11-18(12-14-19)22(27)26-21-16(2)24-23(25-17(21)3)29-20-9-7-6-8-10-20/h6-14H,4-5,15H2,1-3H3,(H,26,27). The lowest BCUT2D eigenvalue weighted by Crippen LogP contribution is -2.15. The van der Waals surface area contributed by atoms with E-state index >= 15 is 0 Å². The van der Waals surface area contributed by atoms with Crippen molar-refractivity contribution in [2.45, 2.75) is 33.6 Å². The van der Waals surface area contributed by atoms with Crippen LogP contribution in [0.5, 0.6) is 17.5 Å². The Bertz CT molecular complexity index is 934. The Balaban J connectivity index is 1.68. The maximum atomic E-state index is 12.6. The first-order chi connectivity index (χ1) is 14.1. The van der Waals surface area contributed by atoms with E-state index in [2.05, 4.69) is 22.2 Å². The Labute approximate surface area is 170 Å². The highest BCUT2D eigenvalue weighted by Gasteiger charge is 2.14. The van der Waals surface area contributed by atoms with Crippen molar-refractivity contribution >= 4 is 11.6 Å². The van der Waals surface area contributed by atoms with E-state index in [9.17, 15) is 4.79 Å². The summed E-state index contributed by atoms with van der Waals surface area (Å²) < 4.78 is 11.3. The minimum absolute atomic E-state index is 0.225. The number of hydrogen-bond donors (Lipinski definition) is 1. The monoisotopic (exact) mass is 391 g/mol. The van der Waals surface area contributed by atoms with Gasteiger partial charge in [-0.2, -0.15) is 9.97 Å². The fraction of sp³-hybridized carbons (Fsp3) is 0.261. The van der Waals surface area contributed by atoms with Gasteiger partial charge in [-0.3, -0.25) is 4.79 Å². The van der Waals surface area contributed by atoms with E-state index in [1.165, 1.54) is 0 Å². The molecule has 1 aromatic heterocycles. The van der Waals surface area contributed by atoms with Gasteiger partial charge in [0.05, 0.1) is 23.7 Å². The number of aromatic nitrogens is 2. The Hall–Kier alpha value is -3.41. The molecule has 0 radical (unpaired) electrons. The summed E-state index contributed by atoms with van der Waals surface area (Å²) in [6.45, 7) is 6.42. The molecule has 0 saturated heterocycles. The van der Waals surface area contributed by atoms with Gasteiger partial charge in [-0.05, 0) is 56.7 Å². The van der Waals surface area contributed by atoms with Crippen LogP contribution in [0, 0.1) is 13.8 Å². The third kappa shape index (κ3) is 5.54. The van der Waals surface area contributed by atoms with Crippen molar-refractivity contribution in [1.29, 1.82) is 0 Å². The molecule has 150 valence electrons. The summed E-state index contributed by atoms with van der Waals surface area (Å²) in [5, 5.41) is 2.90. The van der Waals surface area contributed by atoms with Crippen LogP contribution in [0.1, 0.15) is 41.5 Å². The molecule has 2 aromatic carbocycles. The van der Waals surface area contributed by atoms with Crippen LogP contribution in [0.2, 0.25) is 0 Å². The predicted molar refractivity (Wildman–Crippen MR) is 113 cm³/mol. The summed E-state index contributed by atoms with van der Waals surface area (Å²) >= 11 is 0. The Morgan fingerprint density at radius 1 is 0.931 bits per heavy atom. The summed E-state index contributed by atoms with van der Waals surface area (Å²) in [5.74, 6) is 1.19. The topological polar surface area (TPSA) is 73.3 Å². The average molecular weight is 391 g/mol. The number of hydrogen-bond acceptors (Lipinski definition) is 5. The number of ether oxygens (including phenoxy) is 2. The van der Waals surface area contributed by atoms with Crippen LogP contribution < -0.4 is 14.8 Å². The fourth-order valence-corrected chi connectivity index (χ4v) is 2.73. The maximum Gasteiger partial charge on any atom is 0.322 e. The molecule has 1 N–H and O–H groups in total. The number of amides is 1. The number of nitrogens with zero attached hydrogens (tertiary/aromatic N) is 2. The van der Waals surface area contributed by atoms with Crippen molar-refractivity contribution < 1.29 is 14.3 Å². The second kappa shape index (κ2) is 9.68. The molecular weight excluding hydrogens is 366 g/mol. The normalized spacial score (nSPS) is 10.4. The molecule has 0 saturated carbocycles. The molecule has 6 nitrogen and oxygen atoms in total. The Morgan fingerprint density at radius 2 is 1.59 bits per heavy atom. The molecule has 6 heteroatoms. The van der Waals surface area contributed by atoms with E-state index in [4.69, 9.17) is 9.47 Å². The van der Waals surface area contributed by atoms with Crippen LogP contribution >= 0.6 is 0 Å². The van der Waals surface area contributed by atoms with Crippen LogP contribution in [-0.4, -0.2) is 22.5 Å². The molecule has 0 spiro atoms. The third-order valence-corrected chi connectivity index (χ3v) is 4.32. The molecule has 29 heavy (non-hydrogen) atoms. The highest BCUT2D eigenvalue weighted by Crippen LogP contribution is 2.24. The molecule has 0 bridgehead atoms. The summed E-state index contributed by atoms with van der Waals surface area (Å²) in [7, 11) is 0. The quantitative estimate of drug-likeness (QED) is 0.526. The molecule has 0 aliphatic heterocycles. The number of para-hydroxylation sites is 1. The zero-order chi connectivity index (χ0) is 20.6. The van der Waals surface area contributed by atoms with Gasteiger partial charge in [-0.15, -0.1) is 0 Å². The van der Waals surface area contributed by atoms with Crippen molar-refractivity contribution in [1.82, 2.24) is 9.97 Å². The van der Waals surface area contributed by atoms with Gasteiger partial charge < -0.3 is 14.8 Å². The van der Waals surface area contributed by atoms with Crippen LogP contribution in [0.15, 0.2) is 54.6 Å². The minimum atomic E-state index is -0.225. The number of unbranched alkanes of at least 4 members (excludes halogenated alkanes) is 1. The van der Waals surface area contributed by atoms with Gasteiger partial charge in [0.1, 0.15) is 11.5 Å². The molecular formula is C23H25N3O3. The second-order valence-corrected chi connectivity index (χ2v) is 6.65. The lowest BCUT2D eigenvalue weighted by molar-refractivity contribution is 0.102. The molecule has 0 aliphatic rings. The van der Waals surface area contributed by atoms with E-state index in [1.807, 2.05) is 44.2 Å². The fourth-order valence-electron chi connectivity index (χ4n) is 2.73. The molecule has 1 amide bonds. The van der Waals surface area contributed by atoms with E-state index in [0.717, 1.165) is 18.6 Å². The molecule has 1 heterocycles. The van der Waals surface area contributed by atoms with Gasteiger partial charge in [0.15, 0.2) is 0 Å². The van der Waals surface area contributed by atoms with Gasteiger partial charge in [0.2, 0.25) is 0 Å². The van der Waals surface area contributed by atoms with Crippen molar-refractivity contribution in [3.63, 3.8) is 0 Å². The Kier molecular flexibility index (Phi) is 6.79. The van der Waals surface area contributed by atoms with E-state index in [1.54, 1.807) is 24.3 Å². The van der Waals surface area contributed by atoms with Crippen molar-refractivity contribution in [3.05, 3.63) is 71.5 Å². The molecule has 3 rings (SSSR count). The molecule has 0 fully saturated rings. The SMILES string of the molecule is CCCCOc1ccc(C(=O)Nc2c(C)nc(Oc3ccccc3)nc2C)cc1. The molecule has 0 aliphatic carbocycles. The average Bonchev–Trinajstić information content (AvgIpc) is 2.72. The van der Waals surface area contributed by atoms with Crippen LogP contribution in [-0.2, 0) is 0 Å². The summed E-state index contributed by atoms with van der Waals surface area (Å²) in [6.07, 6.45) is 2.08. The minimum Gasteiger partial charge on any atom is -0.494 e. The van der Waals surface area contributed by atoms with Crippen molar-refractivity contribution in [3.8, 4) is 17.5 Å². The number of aryl methyl sites for hydroxylation is 2. The number of carbonyl (C=O) groups is 1. The maximum absolute atomic E-state index is 12.6. The summed E-state index contributed by atoms with van der Waals surface area (Å²) in [4.78, 5) is 21.4. The van der Waals surface area contributed by atoms with Crippen LogP contribution in [0.3, 0.4) is 0 Å². The first-order valence-electron chi connectivity index (χ1n) is 9.69. The van der Waals surface area contributed by atoms with Gasteiger partial charge in [-0.1, -0.05) is 31.5 Å². The molecule has 3 aromatic rings. The zero-order valence-corrected chi connectivity index (χ0v) is 16.9. The first-order valence-corrected chi connectivity index (χ1v) is 9.69. The van der Waals surface area contributed by atoms with Crippen LogP contribution in [0.25, 0.3) is 0 Å². The van der Waals surface area contributed by atoms with Gasteiger partial charge in [-0.25, -0.2) is 0 Å². The van der Waals surface area contributed by atoms with E-state index < -0.39 is 0 Å². The van der Waals surface area contributed by atoms with Gasteiger partial charge >= 0.3 is 6.01 Å². The summed E-state index contributed by atoms with van der Waals surface area (Å²) in [6, 6.07) is 16.7. The van der Waals surface area contributed by atoms with E-state index in [0.29, 0.717) is 35.0 Å². The number of carbonyl (C=O) groups excluding carboxylic acids is 1. The second-order valence-electron chi connectivity index (χ2n) is 6.65. The highest BCUT2D eigenvalue weighted by atomic mass is 16.5. The van der Waals surface area contributed by atoms with E-state index in [-0.39, 0.29) is 11.9 Å². The zero-order valence-electron chi connectivity index (χ0n) is 16.9. The number of nitrogens with one attached hydrogen (secondary N) is 1. The predicted octanol–water partition coefficient (Wildman–Crippen LogP) is 5.32. The number of rotatable bonds is 8. The first kappa shape index (κ1) is 20.3. The number of benzene rings is 2. The Morgan fingerprint density at radius 3 is 2.21 bits per heavy atom. The third-order valence-electron chi connectivity index (χ3n) is 4.32. The lowest BCUT2D eigenvalue weighted by Gasteiger charge is -2.13. The molecule has 0 unspecified atom stereocenters. The van der Waals surface area contributed by atoms with Crippen molar-refractivity contribution in [2.75, 3.05) is 11.9 Å². The smallest absolute Gasteiger partial charge is 0.322 e. The highest BCUT2D eigenvalue weighted by molar-refractivity contribution is 6.04. The largest absolute Gasteiger partial charge is 0.494 e. The lowest BCUT2D eigenvalue weighted by atomic mass is 10.2. The van der Waals surface area contributed by atoms with Gasteiger partial charge in [0.25, 0.3) is 5.91 Å². The number of anilines is 1. The summed E-state index contributed by atoms with van der Waals surface area (Å²) in [5.41, 5.74) is 2.39. The van der Waals surface area contributed by atoms with Crippen LogP contribution in [0.4, 0.5) is 5.69 Å². The van der Waals surface area contributed by atoms with Crippen molar-refractivity contribution in [2.24, 2.45) is 0 Å². The van der Waals surface area contributed by atoms with Gasteiger partial charge in [0, 0.05) is 5.56 Å².